The Bertz CT molecular complexity index is 538. The minimum absolute atomic E-state index is 0.167. The third-order valence-electron chi connectivity index (χ3n) is 2.60. The van der Waals surface area contributed by atoms with Crippen LogP contribution in [-0.4, -0.2) is 16.6 Å². The molecule has 0 atom stereocenters. The van der Waals surface area contributed by atoms with Crippen molar-refractivity contribution in [3.63, 3.8) is 0 Å². The molecule has 0 aliphatic rings. The molecule has 22 heavy (non-hydrogen) atoms. The molecule has 0 amide bonds. The number of carbonyl (C=O) groups excluding carboxylic acids is 2. The van der Waals surface area contributed by atoms with Crippen LogP contribution in [0.5, 0.6) is 0 Å². The predicted molar refractivity (Wildman–Crippen MR) is 95.5 cm³/mol. The van der Waals surface area contributed by atoms with Gasteiger partial charge in [-0.1, -0.05) is 32.4 Å². The molecule has 0 fully saturated rings. The number of hydrogen-bond acceptors (Lipinski definition) is 4. The Morgan fingerprint density at radius 3 is 2.23 bits per heavy atom. The third-order valence-corrected chi connectivity index (χ3v) is 3.56. The highest BCUT2D eigenvalue weighted by molar-refractivity contribution is 7.18. The van der Waals surface area contributed by atoms with Gasteiger partial charge in [0.2, 0.25) is 0 Å². The normalized spacial score (nSPS) is 9.32. The van der Waals surface area contributed by atoms with E-state index >= 15 is 0 Å². The number of hydrogen-bond donors (Lipinski definition) is 0. The van der Waals surface area contributed by atoms with E-state index in [0.717, 1.165) is 29.8 Å². The average Bonchev–Trinajstić information content (AvgIpc) is 2.84. The molecule has 1 aromatic carbocycles. The molecule has 0 aliphatic carbocycles. The fourth-order valence-electron chi connectivity index (χ4n) is 1.54. The first-order valence-electron chi connectivity index (χ1n) is 7.71. The summed E-state index contributed by atoms with van der Waals surface area (Å²) in [5.74, 6) is 0.562. The van der Waals surface area contributed by atoms with Gasteiger partial charge in [0.15, 0.2) is 0 Å². The van der Waals surface area contributed by atoms with E-state index in [-0.39, 0.29) is 5.78 Å². The van der Waals surface area contributed by atoms with E-state index in [1.54, 1.807) is 11.3 Å². The number of unbranched alkanes of at least 4 members (excludes halogenated alkanes) is 1. The van der Waals surface area contributed by atoms with Crippen LogP contribution in [0.25, 0.3) is 10.2 Å². The van der Waals surface area contributed by atoms with E-state index in [2.05, 4.69) is 18.0 Å². The number of rotatable bonds is 4. The molecule has 122 valence electrons. The molecule has 1 heterocycles. The van der Waals surface area contributed by atoms with E-state index in [0.29, 0.717) is 12.2 Å². The van der Waals surface area contributed by atoms with Crippen molar-refractivity contribution in [2.24, 2.45) is 0 Å². The Morgan fingerprint density at radius 2 is 1.73 bits per heavy atom. The van der Waals surface area contributed by atoms with Gasteiger partial charge in [0.1, 0.15) is 11.6 Å². The fraction of sp³-hybridized carbons (Fsp3) is 0.500. The summed E-state index contributed by atoms with van der Waals surface area (Å²) in [5.41, 5.74) is 1.12. The van der Waals surface area contributed by atoms with Crippen molar-refractivity contribution in [2.75, 3.05) is 0 Å². The van der Waals surface area contributed by atoms with Crippen LogP contribution >= 0.6 is 11.3 Å². The molecule has 3 nitrogen and oxygen atoms in total. The van der Waals surface area contributed by atoms with Crippen LogP contribution in [0.1, 0.15) is 58.4 Å². The van der Waals surface area contributed by atoms with E-state index < -0.39 is 0 Å². The largest absolute Gasteiger partial charge is 0.300 e. The van der Waals surface area contributed by atoms with Crippen LogP contribution in [0, 0.1) is 6.92 Å². The third kappa shape index (κ3) is 10.2. The topological polar surface area (TPSA) is 47.0 Å². The highest BCUT2D eigenvalue weighted by Gasteiger charge is 1.95. The van der Waals surface area contributed by atoms with Crippen molar-refractivity contribution in [3.05, 3.63) is 29.3 Å². The van der Waals surface area contributed by atoms with E-state index in [1.807, 2.05) is 32.0 Å². The molecule has 0 saturated heterocycles. The number of aryl methyl sites for hydroxylation is 1. The van der Waals surface area contributed by atoms with Gasteiger partial charge in [-0.05, 0) is 39.3 Å². The lowest BCUT2D eigenvalue weighted by Crippen LogP contribution is -1.92. The summed E-state index contributed by atoms with van der Waals surface area (Å²) in [6.07, 6.45) is 3.69. The maximum atomic E-state index is 10.6. The Balaban J connectivity index is 0.000000332. The maximum absolute atomic E-state index is 10.6. The lowest BCUT2D eigenvalue weighted by Gasteiger charge is -1.91. The van der Waals surface area contributed by atoms with Crippen LogP contribution in [0.3, 0.4) is 0 Å². The van der Waals surface area contributed by atoms with Crippen molar-refractivity contribution < 1.29 is 9.59 Å². The Hall–Kier alpha value is -1.55. The molecule has 0 N–H and O–H groups in total. The molecule has 0 spiro atoms. The van der Waals surface area contributed by atoms with Gasteiger partial charge in [-0.25, -0.2) is 4.98 Å². The molecule has 4 heteroatoms. The van der Waals surface area contributed by atoms with Crippen molar-refractivity contribution in [1.29, 1.82) is 0 Å². The van der Waals surface area contributed by atoms with E-state index in [1.165, 1.54) is 18.5 Å². The summed E-state index contributed by atoms with van der Waals surface area (Å²) in [7, 11) is 0. The number of Topliss-reactive ketones (excluding diaryl/α,β-unsaturated/α-hetero) is 2. The van der Waals surface area contributed by atoms with Crippen LogP contribution in [0.2, 0.25) is 0 Å². The zero-order chi connectivity index (χ0) is 17.0. The Labute approximate surface area is 137 Å². The summed E-state index contributed by atoms with van der Waals surface area (Å²) >= 11 is 1.74. The summed E-state index contributed by atoms with van der Waals surface area (Å²) in [4.78, 5) is 24.3. The summed E-state index contributed by atoms with van der Waals surface area (Å²) < 4.78 is 1.28. The van der Waals surface area contributed by atoms with Gasteiger partial charge >= 0.3 is 0 Å². The second-order valence-electron chi connectivity index (χ2n) is 5.10. The smallest absolute Gasteiger partial charge is 0.132 e. The van der Waals surface area contributed by atoms with Crippen LogP contribution in [0.15, 0.2) is 24.3 Å². The SMILES string of the molecule is CC(C)=O.CCCCC(=O)CC.Cc1nc2ccccc2s1. The number of aromatic nitrogens is 1. The summed E-state index contributed by atoms with van der Waals surface area (Å²) in [6.45, 7) is 9.10. The molecule has 2 aromatic rings. The van der Waals surface area contributed by atoms with Gasteiger partial charge in [-0.2, -0.15) is 0 Å². The first kappa shape index (κ1) is 20.5. The standard InChI is InChI=1S/C8H7NS.C7H14O.C3H6O/c1-6-9-7-4-2-3-5-8(7)10-6;1-3-5-6-7(8)4-2;1-3(2)4/h2-5H,1H3;3-6H2,1-2H3;1-2H3. The molecule has 0 aliphatic heterocycles. The average molecular weight is 321 g/mol. The summed E-state index contributed by atoms with van der Waals surface area (Å²) in [5, 5.41) is 1.14. The van der Waals surface area contributed by atoms with Crippen molar-refractivity contribution in [1.82, 2.24) is 4.98 Å². The second kappa shape index (κ2) is 12.0. The first-order valence-corrected chi connectivity index (χ1v) is 8.53. The minimum atomic E-state index is 0.167. The van der Waals surface area contributed by atoms with Gasteiger partial charge in [0.25, 0.3) is 0 Å². The number of carbonyl (C=O) groups is 2. The lowest BCUT2D eigenvalue weighted by atomic mass is 10.1. The van der Waals surface area contributed by atoms with Crippen molar-refractivity contribution in [2.45, 2.75) is 60.3 Å². The first-order chi connectivity index (χ1) is 10.4. The van der Waals surface area contributed by atoms with Gasteiger partial charge in [0, 0.05) is 12.8 Å². The molecule has 0 saturated carbocycles. The van der Waals surface area contributed by atoms with Crippen molar-refractivity contribution >= 4 is 33.1 Å². The van der Waals surface area contributed by atoms with E-state index in [9.17, 15) is 9.59 Å². The molecule has 0 bridgehead atoms. The number of benzene rings is 1. The van der Waals surface area contributed by atoms with Gasteiger partial charge in [0.05, 0.1) is 15.2 Å². The molecule has 0 radical (unpaired) electrons. The van der Waals surface area contributed by atoms with Gasteiger partial charge in [-0.3, -0.25) is 4.79 Å². The Morgan fingerprint density at radius 1 is 1.14 bits per heavy atom. The lowest BCUT2D eigenvalue weighted by molar-refractivity contribution is -0.119. The zero-order valence-corrected chi connectivity index (χ0v) is 15.1. The van der Waals surface area contributed by atoms with Gasteiger partial charge in [-0.15, -0.1) is 11.3 Å². The quantitative estimate of drug-likeness (QED) is 0.762. The van der Waals surface area contributed by atoms with Crippen LogP contribution in [-0.2, 0) is 9.59 Å². The molecule has 0 unspecified atom stereocenters. The zero-order valence-electron chi connectivity index (χ0n) is 14.3. The highest BCUT2D eigenvalue weighted by Crippen LogP contribution is 2.19. The number of para-hydroxylation sites is 1. The predicted octanol–water partition coefficient (Wildman–Crippen LogP) is 5.36. The van der Waals surface area contributed by atoms with E-state index in [4.69, 9.17) is 0 Å². The number of thiazole rings is 1. The van der Waals surface area contributed by atoms with Gasteiger partial charge < -0.3 is 4.79 Å². The van der Waals surface area contributed by atoms with Crippen LogP contribution in [0.4, 0.5) is 0 Å². The molecular weight excluding hydrogens is 294 g/mol. The monoisotopic (exact) mass is 321 g/mol. The van der Waals surface area contributed by atoms with Crippen molar-refractivity contribution in [3.8, 4) is 0 Å². The highest BCUT2D eigenvalue weighted by atomic mass is 32.1. The summed E-state index contributed by atoms with van der Waals surface area (Å²) in [6, 6.07) is 8.19. The maximum Gasteiger partial charge on any atom is 0.132 e. The molecule has 1 aromatic heterocycles. The molecule has 2 rings (SSSR count). The number of ketones is 2. The number of nitrogens with zero attached hydrogens (tertiary/aromatic N) is 1. The van der Waals surface area contributed by atoms with Crippen LogP contribution < -0.4 is 0 Å². The fourth-order valence-corrected chi connectivity index (χ4v) is 2.37. The Kier molecular flexibility index (Phi) is 11.2. The minimum Gasteiger partial charge on any atom is -0.300 e. The second-order valence-corrected chi connectivity index (χ2v) is 6.34. The number of fused-ring (bicyclic) bond motifs is 1. The molecular formula is C18H27NO2S.